The van der Waals surface area contributed by atoms with E-state index in [1.807, 2.05) is 0 Å². The number of ether oxygens (including phenoxy) is 1. The molecule has 19 heavy (non-hydrogen) atoms. The van der Waals surface area contributed by atoms with Crippen LogP contribution in [0.25, 0.3) is 10.8 Å². The van der Waals surface area contributed by atoms with Crippen molar-refractivity contribution < 1.29 is 4.74 Å². The van der Waals surface area contributed by atoms with Gasteiger partial charge in [0.05, 0.1) is 7.11 Å². The van der Waals surface area contributed by atoms with Gasteiger partial charge in [0.2, 0.25) is 0 Å². The van der Waals surface area contributed by atoms with E-state index in [9.17, 15) is 0 Å². The minimum atomic E-state index is 0.347. The molecule has 96 valence electrons. The Balaban J connectivity index is 2.22. The highest BCUT2D eigenvalue weighted by Crippen LogP contribution is 2.40. The largest absolute Gasteiger partial charge is 0.496 e. The van der Waals surface area contributed by atoms with E-state index in [1.165, 1.54) is 27.5 Å². The number of allylic oxidation sites excluding steroid dienone is 4. The lowest BCUT2D eigenvalue weighted by Crippen LogP contribution is -1.99. The fourth-order valence-corrected chi connectivity index (χ4v) is 2.96. The van der Waals surface area contributed by atoms with Gasteiger partial charge >= 0.3 is 0 Å². The Morgan fingerprint density at radius 1 is 1.00 bits per heavy atom. The number of hydrogen-bond donors (Lipinski definition) is 0. The average Bonchev–Trinajstić information content (AvgIpc) is 2.76. The molecule has 1 aliphatic carbocycles. The third-order valence-electron chi connectivity index (χ3n) is 3.82. The average molecular weight is 250 g/mol. The molecule has 0 spiro atoms. The van der Waals surface area contributed by atoms with Crippen molar-refractivity contribution in [1.82, 2.24) is 0 Å². The fourth-order valence-electron chi connectivity index (χ4n) is 2.96. The lowest BCUT2D eigenvalue weighted by Gasteiger charge is -2.17. The zero-order valence-electron chi connectivity index (χ0n) is 11.6. The molecule has 3 rings (SSSR count). The maximum Gasteiger partial charge on any atom is 0.130 e. The highest BCUT2D eigenvalue weighted by Gasteiger charge is 2.20. The lowest BCUT2D eigenvalue weighted by atomic mass is 9.91. The molecule has 2 aromatic rings. The first-order valence-electron chi connectivity index (χ1n) is 6.63. The van der Waals surface area contributed by atoms with E-state index in [1.54, 1.807) is 7.11 Å². The summed E-state index contributed by atoms with van der Waals surface area (Å²) in [6.07, 6.45) is 4.56. The van der Waals surface area contributed by atoms with Crippen LogP contribution in [0.2, 0.25) is 0 Å². The summed E-state index contributed by atoms with van der Waals surface area (Å²) in [6, 6.07) is 12.8. The van der Waals surface area contributed by atoms with Gasteiger partial charge < -0.3 is 4.74 Å². The highest BCUT2D eigenvalue weighted by molar-refractivity contribution is 5.90. The van der Waals surface area contributed by atoms with Gasteiger partial charge in [-0.1, -0.05) is 59.7 Å². The van der Waals surface area contributed by atoms with Crippen molar-refractivity contribution in [1.29, 1.82) is 0 Å². The monoisotopic (exact) mass is 250 g/mol. The smallest absolute Gasteiger partial charge is 0.130 e. The lowest BCUT2D eigenvalue weighted by molar-refractivity contribution is 0.414. The highest BCUT2D eigenvalue weighted by atomic mass is 16.5. The molecule has 1 nitrogen and oxygen atoms in total. The molecule has 1 atom stereocenters. The summed E-state index contributed by atoms with van der Waals surface area (Å²) in [5, 5.41) is 2.41. The predicted octanol–water partition coefficient (Wildman–Crippen LogP) is 4.84. The Kier molecular flexibility index (Phi) is 2.90. The zero-order valence-corrected chi connectivity index (χ0v) is 11.6. The third-order valence-corrected chi connectivity index (χ3v) is 3.82. The minimum Gasteiger partial charge on any atom is -0.496 e. The first-order chi connectivity index (χ1) is 9.20. The Labute approximate surface area is 114 Å². The minimum absolute atomic E-state index is 0.347. The van der Waals surface area contributed by atoms with Crippen LogP contribution in [0.3, 0.4) is 0 Å². The van der Waals surface area contributed by atoms with Gasteiger partial charge in [-0.3, -0.25) is 0 Å². The van der Waals surface area contributed by atoms with Crippen LogP contribution in [0.1, 0.15) is 25.3 Å². The maximum atomic E-state index is 5.70. The van der Waals surface area contributed by atoms with E-state index >= 15 is 0 Å². The molecule has 0 saturated heterocycles. The molecule has 1 aliphatic rings. The van der Waals surface area contributed by atoms with Gasteiger partial charge in [-0.15, -0.1) is 0 Å². The summed E-state index contributed by atoms with van der Waals surface area (Å²) < 4.78 is 5.70. The maximum absolute atomic E-state index is 5.70. The van der Waals surface area contributed by atoms with E-state index in [0.29, 0.717) is 5.92 Å². The molecule has 0 heterocycles. The Morgan fingerprint density at radius 3 is 2.47 bits per heavy atom. The van der Waals surface area contributed by atoms with Crippen LogP contribution in [-0.2, 0) is 0 Å². The van der Waals surface area contributed by atoms with Gasteiger partial charge in [-0.25, -0.2) is 0 Å². The topological polar surface area (TPSA) is 9.23 Å². The van der Waals surface area contributed by atoms with Crippen molar-refractivity contribution in [2.24, 2.45) is 0 Å². The zero-order chi connectivity index (χ0) is 13.4. The molecule has 0 aliphatic heterocycles. The van der Waals surface area contributed by atoms with Gasteiger partial charge in [-0.2, -0.15) is 0 Å². The quantitative estimate of drug-likeness (QED) is 0.741. The second-order valence-electron chi connectivity index (χ2n) is 5.19. The molecule has 0 aromatic heterocycles. The van der Waals surface area contributed by atoms with Crippen molar-refractivity contribution in [2.75, 3.05) is 7.11 Å². The molecule has 0 amide bonds. The van der Waals surface area contributed by atoms with Gasteiger partial charge in [-0.05, 0) is 19.2 Å². The number of hydrogen-bond acceptors (Lipinski definition) is 1. The molecular weight excluding hydrogens is 232 g/mol. The van der Waals surface area contributed by atoms with Crippen molar-refractivity contribution >= 4 is 10.8 Å². The summed E-state index contributed by atoms with van der Waals surface area (Å²) >= 11 is 0. The van der Waals surface area contributed by atoms with Crippen LogP contribution in [0.15, 0.2) is 59.7 Å². The normalized spacial score (nSPS) is 18.4. The van der Waals surface area contributed by atoms with Crippen molar-refractivity contribution in [3.63, 3.8) is 0 Å². The predicted molar refractivity (Wildman–Crippen MR) is 80.8 cm³/mol. The van der Waals surface area contributed by atoms with Gasteiger partial charge in [0.1, 0.15) is 5.75 Å². The molecule has 1 heteroatoms. The van der Waals surface area contributed by atoms with E-state index in [0.717, 1.165) is 5.75 Å². The Hall–Kier alpha value is -2.02. The van der Waals surface area contributed by atoms with Gasteiger partial charge in [0.15, 0.2) is 0 Å². The van der Waals surface area contributed by atoms with Crippen LogP contribution in [0.5, 0.6) is 5.75 Å². The van der Waals surface area contributed by atoms with Crippen LogP contribution in [-0.4, -0.2) is 7.11 Å². The molecule has 0 fully saturated rings. The molecule has 0 radical (unpaired) electrons. The Bertz CT molecular complexity index is 692. The molecule has 1 unspecified atom stereocenters. The second kappa shape index (κ2) is 4.58. The summed E-state index contributed by atoms with van der Waals surface area (Å²) in [5.41, 5.74) is 3.97. The fraction of sp³-hybridized carbons (Fsp3) is 0.222. The first-order valence-corrected chi connectivity index (χ1v) is 6.63. The summed E-state index contributed by atoms with van der Waals surface area (Å²) in [5.74, 6) is 1.35. The standard InChI is InChI=1S/C18H18O/c1-12-10-13(2)17(11-12)16-9-8-14-6-4-5-7-15(14)18(16)19-3/h4-11,17H,1-3H3. The molecule has 2 aromatic carbocycles. The van der Waals surface area contributed by atoms with Crippen LogP contribution < -0.4 is 4.74 Å². The van der Waals surface area contributed by atoms with Gasteiger partial charge in [0.25, 0.3) is 0 Å². The van der Waals surface area contributed by atoms with Gasteiger partial charge in [0, 0.05) is 16.9 Å². The Morgan fingerprint density at radius 2 is 1.79 bits per heavy atom. The molecule has 0 bridgehead atoms. The molecule has 0 saturated carbocycles. The summed E-state index contributed by atoms with van der Waals surface area (Å²) in [7, 11) is 1.76. The van der Waals surface area contributed by atoms with E-state index in [-0.39, 0.29) is 0 Å². The van der Waals surface area contributed by atoms with Crippen molar-refractivity contribution in [3.05, 3.63) is 65.3 Å². The second-order valence-corrected chi connectivity index (χ2v) is 5.19. The van der Waals surface area contributed by atoms with Crippen molar-refractivity contribution in [3.8, 4) is 5.75 Å². The SMILES string of the molecule is COc1c(C2C=C(C)C=C2C)ccc2ccccc12. The summed E-state index contributed by atoms with van der Waals surface area (Å²) in [4.78, 5) is 0. The summed E-state index contributed by atoms with van der Waals surface area (Å²) in [6.45, 7) is 4.34. The van der Waals surface area contributed by atoms with E-state index < -0.39 is 0 Å². The molecular formula is C18H18O. The van der Waals surface area contributed by atoms with Crippen LogP contribution in [0, 0.1) is 0 Å². The number of rotatable bonds is 2. The number of methoxy groups -OCH3 is 1. The number of benzene rings is 2. The van der Waals surface area contributed by atoms with Crippen LogP contribution >= 0.6 is 0 Å². The van der Waals surface area contributed by atoms with E-state index in [2.05, 4.69) is 62.4 Å². The first kappa shape index (κ1) is 12.0. The van der Waals surface area contributed by atoms with Crippen LogP contribution in [0.4, 0.5) is 0 Å². The van der Waals surface area contributed by atoms with Crippen molar-refractivity contribution in [2.45, 2.75) is 19.8 Å². The van der Waals surface area contributed by atoms with E-state index in [4.69, 9.17) is 4.74 Å². The number of fused-ring (bicyclic) bond motifs is 1. The third kappa shape index (κ3) is 1.95. The molecule has 0 N–H and O–H groups in total.